The topological polar surface area (TPSA) is 26.7 Å². The lowest BCUT2D eigenvalue weighted by atomic mass is 10.0. The smallest absolute Gasteiger partial charge is 0.120 e. The highest BCUT2D eigenvalue weighted by atomic mass is 32.9. The van der Waals surface area contributed by atoms with E-state index in [2.05, 4.69) is 29.7 Å². The van der Waals surface area contributed by atoms with Crippen LogP contribution in [0.1, 0.15) is 31.4 Å². The minimum atomic E-state index is 0.400. The van der Waals surface area contributed by atoms with Gasteiger partial charge in [-0.25, -0.2) is 0 Å². The lowest BCUT2D eigenvalue weighted by molar-refractivity contribution is 0.126. The second kappa shape index (κ2) is 8.73. The number of aromatic hydroxyl groups is 1. The van der Waals surface area contributed by atoms with Crippen LogP contribution in [-0.4, -0.2) is 47.6 Å². The van der Waals surface area contributed by atoms with E-state index in [-0.39, 0.29) is 0 Å². The van der Waals surface area contributed by atoms with Gasteiger partial charge in [0.25, 0.3) is 0 Å². The van der Waals surface area contributed by atoms with Crippen LogP contribution in [0.15, 0.2) is 18.2 Å². The molecule has 2 aromatic rings. The molecule has 6 heteroatoms. The van der Waals surface area contributed by atoms with Crippen molar-refractivity contribution in [2.45, 2.75) is 33.2 Å². The predicted molar refractivity (Wildman–Crippen MR) is 112 cm³/mol. The highest BCUT2D eigenvalue weighted by molar-refractivity contribution is 7.80. The van der Waals surface area contributed by atoms with Crippen LogP contribution in [0.5, 0.6) is 5.75 Å². The largest absolute Gasteiger partial charge is 0.508 e. The lowest BCUT2D eigenvalue weighted by Crippen LogP contribution is -2.45. The molecule has 1 saturated heterocycles. The summed E-state index contributed by atoms with van der Waals surface area (Å²) in [7, 11) is 3.43. The zero-order valence-electron chi connectivity index (χ0n) is 15.0. The monoisotopic (exact) mass is 394 g/mol. The summed E-state index contributed by atoms with van der Waals surface area (Å²) in [5.74, 6) is 0.400. The minimum absolute atomic E-state index is 0.400. The van der Waals surface area contributed by atoms with E-state index >= 15 is 0 Å². The van der Waals surface area contributed by atoms with E-state index in [4.69, 9.17) is 12.2 Å². The third kappa shape index (κ3) is 4.49. The Hall–Kier alpha value is -0.790. The van der Waals surface area contributed by atoms with Crippen molar-refractivity contribution in [2.24, 2.45) is 0 Å². The van der Waals surface area contributed by atoms with Gasteiger partial charge < -0.3 is 10.0 Å². The molecule has 0 aliphatic carbocycles. The molecule has 1 fully saturated rings. The molecule has 3 rings (SSSR count). The Labute approximate surface area is 162 Å². The quantitative estimate of drug-likeness (QED) is 0.551. The summed E-state index contributed by atoms with van der Waals surface area (Å²) in [5, 5.41) is 10.3. The van der Waals surface area contributed by atoms with Gasteiger partial charge in [-0.05, 0) is 48.7 Å². The Bertz CT molecular complexity index is 760. The third-order valence-corrected chi connectivity index (χ3v) is 8.01. The number of hydrogen-bond donors (Lipinski definition) is 1. The molecule has 0 spiro atoms. The molecule has 0 bridgehead atoms. The summed E-state index contributed by atoms with van der Waals surface area (Å²) in [6, 6.07) is 6.01. The first-order valence-corrected chi connectivity index (χ1v) is 11.6. The first-order chi connectivity index (χ1) is 12.1. The Kier molecular flexibility index (Phi) is 6.63. The maximum Gasteiger partial charge on any atom is 0.120 e. The van der Waals surface area contributed by atoms with E-state index in [1.807, 2.05) is 12.1 Å². The number of phenols is 1. The van der Waals surface area contributed by atoms with E-state index < -0.39 is 0 Å². The average Bonchev–Trinajstić information content (AvgIpc) is 2.99. The molecule has 1 aliphatic rings. The first-order valence-electron chi connectivity index (χ1n) is 9.01. The van der Waals surface area contributed by atoms with Gasteiger partial charge in [-0.1, -0.05) is 46.7 Å². The van der Waals surface area contributed by atoms with Crippen LogP contribution in [0.4, 0.5) is 0 Å². The van der Waals surface area contributed by atoms with Gasteiger partial charge in [0.2, 0.25) is 0 Å². The van der Waals surface area contributed by atoms with Gasteiger partial charge in [0.1, 0.15) is 9.57 Å². The highest BCUT2D eigenvalue weighted by Gasteiger charge is 2.18. The predicted octanol–water partition coefficient (Wildman–Crippen LogP) is 5.00. The van der Waals surface area contributed by atoms with E-state index in [1.165, 1.54) is 29.0 Å². The van der Waals surface area contributed by atoms with Crippen LogP contribution in [-0.2, 0) is 13.0 Å². The van der Waals surface area contributed by atoms with Gasteiger partial charge in [-0.3, -0.25) is 4.90 Å². The van der Waals surface area contributed by atoms with Gasteiger partial charge in [-0.15, -0.1) is 0 Å². The van der Waals surface area contributed by atoms with Crippen molar-refractivity contribution in [1.29, 1.82) is 0 Å². The molecule has 0 atom stereocenters. The molecule has 1 aliphatic heterocycles. The second-order valence-electron chi connectivity index (χ2n) is 6.58. The summed E-state index contributed by atoms with van der Waals surface area (Å²) in [6.45, 7) is 10.8. The Morgan fingerprint density at radius 2 is 1.80 bits per heavy atom. The molecule has 1 N–H and O–H groups in total. The van der Waals surface area contributed by atoms with Gasteiger partial charge in [0.05, 0.1) is 4.88 Å². The van der Waals surface area contributed by atoms with Crippen molar-refractivity contribution in [3.05, 3.63) is 33.1 Å². The summed E-state index contributed by atoms with van der Waals surface area (Å²) in [6.07, 6.45) is 2.18. The molecule has 1 aromatic carbocycles. The molecular formula is C19H26N2OS3. The zero-order valence-corrected chi connectivity index (χ0v) is 17.4. The summed E-state index contributed by atoms with van der Waals surface area (Å²) < 4.78 is 1.00. The number of piperazine rings is 1. The number of nitrogens with zero attached hydrogens (tertiary/aromatic N) is 2. The first kappa shape index (κ1) is 19.0. The van der Waals surface area contributed by atoms with Crippen LogP contribution in [0.2, 0.25) is 0 Å². The van der Waals surface area contributed by atoms with E-state index in [9.17, 15) is 5.11 Å². The standard InChI is InChI=1S/C19H26N2OS3/c1-3-7-20-8-10-21(11-9-20)13-15-12-14(5-6-17(15)22)18-16(4-2)19(23)25-24-18/h5-6,12,22H,3-4,7-11,13H2,1-2H3. The average molecular weight is 395 g/mol. The van der Waals surface area contributed by atoms with Gasteiger partial charge in [0.15, 0.2) is 0 Å². The molecule has 0 amide bonds. The Balaban J connectivity index is 1.75. The van der Waals surface area contributed by atoms with Crippen LogP contribution in [0.25, 0.3) is 10.4 Å². The molecular weight excluding hydrogens is 368 g/mol. The van der Waals surface area contributed by atoms with Gasteiger partial charge in [0, 0.05) is 38.3 Å². The zero-order chi connectivity index (χ0) is 17.8. The SMILES string of the molecule is CCCN1CCN(Cc2cc(-c3ssc(=S)c3CC)ccc2O)CC1. The van der Waals surface area contributed by atoms with Crippen molar-refractivity contribution in [2.75, 3.05) is 32.7 Å². The van der Waals surface area contributed by atoms with E-state index in [0.717, 1.165) is 48.5 Å². The lowest BCUT2D eigenvalue weighted by Gasteiger charge is -2.34. The van der Waals surface area contributed by atoms with Crippen molar-refractivity contribution < 1.29 is 5.11 Å². The third-order valence-electron chi connectivity index (χ3n) is 4.82. The summed E-state index contributed by atoms with van der Waals surface area (Å²) in [4.78, 5) is 6.24. The number of rotatable bonds is 6. The second-order valence-corrected chi connectivity index (χ2v) is 9.39. The van der Waals surface area contributed by atoms with Crippen molar-refractivity contribution >= 4 is 32.9 Å². The van der Waals surface area contributed by atoms with Crippen molar-refractivity contribution in [3.8, 4) is 16.2 Å². The molecule has 3 nitrogen and oxygen atoms in total. The van der Waals surface area contributed by atoms with E-state index in [0.29, 0.717) is 5.75 Å². The molecule has 0 saturated carbocycles. The normalized spacial score (nSPS) is 16.4. The maximum atomic E-state index is 10.3. The van der Waals surface area contributed by atoms with Gasteiger partial charge >= 0.3 is 0 Å². The van der Waals surface area contributed by atoms with Crippen LogP contribution >= 0.6 is 32.9 Å². The Morgan fingerprint density at radius 1 is 1.08 bits per heavy atom. The van der Waals surface area contributed by atoms with Crippen LogP contribution in [0, 0.1) is 3.82 Å². The fourth-order valence-corrected chi connectivity index (χ4v) is 6.51. The number of benzene rings is 1. The summed E-state index contributed by atoms with van der Waals surface area (Å²) >= 11 is 5.46. The Morgan fingerprint density at radius 3 is 2.48 bits per heavy atom. The van der Waals surface area contributed by atoms with Crippen molar-refractivity contribution in [1.82, 2.24) is 9.80 Å². The fraction of sp³-hybridized carbons (Fsp3) is 0.526. The molecule has 0 unspecified atom stereocenters. The fourth-order valence-electron chi connectivity index (χ4n) is 3.38. The maximum absolute atomic E-state index is 10.3. The van der Waals surface area contributed by atoms with Gasteiger partial charge in [-0.2, -0.15) is 0 Å². The molecule has 136 valence electrons. The molecule has 25 heavy (non-hydrogen) atoms. The van der Waals surface area contributed by atoms with Crippen LogP contribution in [0.3, 0.4) is 0 Å². The number of phenolic OH excluding ortho intramolecular Hbond substituents is 1. The van der Waals surface area contributed by atoms with E-state index in [1.54, 1.807) is 20.7 Å². The minimum Gasteiger partial charge on any atom is -0.508 e. The molecule has 1 aromatic heterocycles. The van der Waals surface area contributed by atoms with Crippen molar-refractivity contribution in [3.63, 3.8) is 0 Å². The van der Waals surface area contributed by atoms with Crippen LogP contribution < -0.4 is 0 Å². The highest BCUT2D eigenvalue weighted by Crippen LogP contribution is 2.37. The summed E-state index contributed by atoms with van der Waals surface area (Å²) in [5.41, 5.74) is 3.48. The number of hydrogen-bond acceptors (Lipinski definition) is 6. The molecule has 2 heterocycles. The molecule has 0 radical (unpaired) electrons.